The molecule has 21 heavy (non-hydrogen) atoms. The molecule has 4 nitrogen and oxygen atoms in total. The van der Waals surface area contributed by atoms with Crippen molar-refractivity contribution in [1.82, 2.24) is 5.32 Å². The van der Waals surface area contributed by atoms with Gasteiger partial charge in [-0.1, -0.05) is 43.7 Å². The second-order valence-electron chi connectivity index (χ2n) is 5.69. The highest BCUT2D eigenvalue weighted by atomic mass is 16.5. The van der Waals surface area contributed by atoms with E-state index < -0.39 is 0 Å². The second-order valence-corrected chi connectivity index (χ2v) is 5.69. The fraction of sp³-hybridized carbons (Fsp3) is 0.529. The van der Waals surface area contributed by atoms with Crippen LogP contribution in [0.2, 0.25) is 0 Å². The molecule has 0 radical (unpaired) electrons. The van der Waals surface area contributed by atoms with Crippen LogP contribution in [0.4, 0.5) is 0 Å². The molecular weight excluding hydrogens is 266 g/mol. The van der Waals surface area contributed by atoms with E-state index in [1.165, 1.54) is 5.56 Å². The number of hydrogen-bond acceptors (Lipinski definition) is 3. The summed E-state index contributed by atoms with van der Waals surface area (Å²) in [5.74, 6) is 0.0778. The van der Waals surface area contributed by atoms with Crippen molar-refractivity contribution in [3.63, 3.8) is 0 Å². The Morgan fingerprint density at radius 2 is 1.81 bits per heavy atom. The topological polar surface area (TPSA) is 55.4 Å². The lowest BCUT2D eigenvalue weighted by Crippen LogP contribution is -2.22. The van der Waals surface area contributed by atoms with Gasteiger partial charge in [0.2, 0.25) is 5.91 Å². The minimum absolute atomic E-state index is 0.0350. The zero-order chi connectivity index (χ0) is 15.7. The van der Waals surface area contributed by atoms with Crippen molar-refractivity contribution in [2.45, 2.75) is 46.6 Å². The van der Waals surface area contributed by atoms with Crippen LogP contribution >= 0.6 is 0 Å². The fourth-order valence-electron chi connectivity index (χ4n) is 1.72. The standard InChI is InChI=1S/C17H25NO3/c1-13(2)12-21-17(20)6-4-5-16(19)18-11-15-9-7-14(3)8-10-15/h7-10,13H,4-6,11-12H2,1-3H3,(H,18,19). The van der Waals surface area contributed by atoms with Gasteiger partial charge in [0.1, 0.15) is 0 Å². The number of rotatable bonds is 8. The number of ether oxygens (including phenoxy) is 1. The number of nitrogens with one attached hydrogen (secondary N) is 1. The fourth-order valence-corrected chi connectivity index (χ4v) is 1.72. The van der Waals surface area contributed by atoms with Gasteiger partial charge in [0.05, 0.1) is 6.61 Å². The van der Waals surface area contributed by atoms with E-state index in [0.29, 0.717) is 38.3 Å². The van der Waals surface area contributed by atoms with Gasteiger partial charge in [0.25, 0.3) is 0 Å². The lowest BCUT2D eigenvalue weighted by Gasteiger charge is -2.07. The molecule has 1 N–H and O–H groups in total. The van der Waals surface area contributed by atoms with Crippen LogP contribution in [0.5, 0.6) is 0 Å². The van der Waals surface area contributed by atoms with Gasteiger partial charge in [-0.2, -0.15) is 0 Å². The molecule has 0 atom stereocenters. The molecule has 0 aliphatic carbocycles. The smallest absolute Gasteiger partial charge is 0.305 e. The maximum Gasteiger partial charge on any atom is 0.305 e. The molecule has 1 amide bonds. The summed E-state index contributed by atoms with van der Waals surface area (Å²) in [7, 11) is 0. The predicted octanol–water partition coefficient (Wildman–Crippen LogP) is 2.98. The van der Waals surface area contributed by atoms with Crippen molar-refractivity contribution in [3.8, 4) is 0 Å². The van der Waals surface area contributed by atoms with Gasteiger partial charge in [0, 0.05) is 19.4 Å². The first kappa shape index (κ1) is 17.2. The Balaban J connectivity index is 2.14. The first-order valence-corrected chi connectivity index (χ1v) is 7.45. The van der Waals surface area contributed by atoms with E-state index in [1.54, 1.807) is 0 Å². The number of aryl methyl sites for hydroxylation is 1. The van der Waals surface area contributed by atoms with Crippen LogP contribution in [-0.4, -0.2) is 18.5 Å². The third-order valence-corrected chi connectivity index (χ3v) is 2.97. The molecule has 1 rings (SSSR count). The first-order valence-electron chi connectivity index (χ1n) is 7.45. The zero-order valence-corrected chi connectivity index (χ0v) is 13.1. The summed E-state index contributed by atoms with van der Waals surface area (Å²) in [4.78, 5) is 23.1. The van der Waals surface area contributed by atoms with Gasteiger partial charge in [-0.25, -0.2) is 0 Å². The average molecular weight is 291 g/mol. The van der Waals surface area contributed by atoms with E-state index in [9.17, 15) is 9.59 Å². The molecule has 0 bridgehead atoms. The van der Waals surface area contributed by atoms with Crippen LogP contribution in [0, 0.1) is 12.8 Å². The van der Waals surface area contributed by atoms with Crippen molar-refractivity contribution in [1.29, 1.82) is 0 Å². The number of benzene rings is 1. The summed E-state index contributed by atoms with van der Waals surface area (Å²) in [6.07, 6.45) is 1.17. The molecule has 0 spiro atoms. The predicted molar refractivity (Wildman–Crippen MR) is 82.7 cm³/mol. The van der Waals surface area contributed by atoms with E-state index in [2.05, 4.69) is 5.32 Å². The summed E-state index contributed by atoms with van der Waals surface area (Å²) < 4.78 is 5.06. The Kier molecular flexibility index (Phi) is 7.51. The highest BCUT2D eigenvalue weighted by Gasteiger charge is 2.07. The number of hydrogen-bond donors (Lipinski definition) is 1. The van der Waals surface area contributed by atoms with Gasteiger partial charge in [-0.15, -0.1) is 0 Å². The maximum absolute atomic E-state index is 11.7. The van der Waals surface area contributed by atoms with Crippen LogP contribution in [0.15, 0.2) is 24.3 Å². The highest BCUT2D eigenvalue weighted by molar-refractivity contribution is 5.77. The molecule has 0 saturated heterocycles. The van der Waals surface area contributed by atoms with Crippen molar-refractivity contribution < 1.29 is 14.3 Å². The molecule has 1 aromatic carbocycles. The van der Waals surface area contributed by atoms with E-state index in [1.807, 2.05) is 45.0 Å². The average Bonchev–Trinajstić information content (AvgIpc) is 2.44. The Labute approximate surface area is 126 Å². The molecule has 116 valence electrons. The van der Waals surface area contributed by atoms with Gasteiger partial charge in [-0.05, 0) is 24.8 Å². The summed E-state index contributed by atoms with van der Waals surface area (Å²) in [5.41, 5.74) is 2.27. The Morgan fingerprint density at radius 3 is 2.43 bits per heavy atom. The monoisotopic (exact) mass is 291 g/mol. The normalized spacial score (nSPS) is 10.5. The SMILES string of the molecule is Cc1ccc(CNC(=O)CCCC(=O)OCC(C)C)cc1. The Morgan fingerprint density at radius 1 is 1.14 bits per heavy atom. The van der Waals surface area contributed by atoms with Crippen LogP contribution in [-0.2, 0) is 20.9 Å². The molecule has 0 aromatic heterocycles. The van der Waals surface area contributed by atoms with E-state index >= 15 is 0 Å². The number of carbonyl (C=O) groups is 2. The third-order valence-electron chi connectivity index (χ3n) is 2.97. The minimum atomic E-state index is -0.227. The molecule has 1 aromatic rings. The van der Waals surface area contributed by atoms with Gasteiger partial charge in [-0.3, -0.25) is 9.59 Å². The van der Waals surface area contributed by atoms with Crippen LogP contribution in [0.25, 0.3) is 0 Å². The second kappa shape index (κ2) is 9.16. The summed E-state index contributed by atoms with van der Waals surface area (Å²) >= 11 is 0. The number of esters is 1. The lowest BCUT2D eigenvalue weighted by molar-refractivity contribution is -0.144. The van der Waals surface area contributed by atoms with E-state index in [-0.39, 0.29) is 11.9 Å². The molecule has 0 heterocycles. The third kappa shape index (κ3) is 8.12. The summed E-state index contributed by atoms with van der Waals surface area (Å²) in [5, 5.41) is 2.85. The number of carbonyl (C=O) groups excluding carboxylic acids is 2. The Bertz CT molecular complexity index is 452. The van der Waals surface area contributed by atoms with Gasteiger partial charge >= 0.3 is 5.97 Å². The maximum atomic E-state index is 11.7. The van der Waals surface area contributed by atoms with Crippen molar-refractivity contribution >= 4 is 11.9 Å². The molecular formula is C17H25NO3. The zero-order valence-electron chi connectivity index (χ0n) is 13.1. The van der Waals surface area contributed by atoms with Crippen LogP contribution in [0.1, 0.15) is 44.2 Å². The molecule has 0 aliphatic rings. The first-order chi connectivity index (χ1) is 9.97. The molecule has 0 fully saturated rings. The van der Waals surface area contributed by atoms with E-state index in [4.69, 9.17) is 4.74 Å². The van der Waals surface area contributed by atoms with Gasteiger partial charge in [0.15, 0.2) is 0 Å². The summed E-state index contributed by atoms with van der Waals surface area (Å²) in [6.45, 7) is 6.98. The molecule has 0 unspecified atom stereocenters. The Hall–Kier alpha value is -1.84. The lowest BCUT2D eigenvalue weighted by atomic mass is 10.1. The molecule has 0 saturated carbocycles. The van der Waals surface area contributed by atoms with Crippen molar-refractivity contribution in [2.24, 2.45) is 5.92 Å². The number of amides is 1. The highest BCUT2D eigenvalue weighted by Crippen LogP contribution is 2.04. The largest absolute Gasteiger partial charge is 0.465 e. The van der Waals surface area contributed by atoms with Crippen molar-refractivity contribution in [3.05, 3.63) is 35.4 Å². The van der Waals surface area contributed by atoms with Crippen LogP contribution < -0.4 is 5.32 Å². The molecule has 0 aliphatic heterocycles. The van der Waals surface area contributed by atoms with Gasteiger partial charge < -0.3 is 10.1 Å². The quantitative estimate of drug-likeness (QED) is 0.749. The van der Waals surface area contributed by atoms with Crippen LogP contribution in [0.3, 0.4) is 0 Å². The summed E-state index contributed by atoms with van der Waals surface area (Å²) in [6, 6.07) is 8.04. The minimum Gasteiger partial charge on any atom is -0.465 e. The van der Waals surface area contributed by atoms with E-state index in [0.717, 1.165) is 5.56 Å². The van der Waals surface area contributed by atoms with Crippen molar-refractivity contribution in [2.75, 3.05) is 6.61 Å². The molecule has 4 heteroatoms.